The molecule has 0 saturated carbocycles. The highest BCUT2D eigenvalue weighted by molar-refractivity contribution is 9.10. The Kier molecular flexibility index (Phi) is 3.08. The number of rotatable bonds is 2. The van der Waals surface area contributed by atoms with Crippen molar-refractivity contribution >= 4 is 22.2 Å². The molecular weight excluding hydrogens is 244 g/mol. The lowest BCUT2D eigenvalue weighted by molar-refractivity contribution is 0.110. The summed E-state index contributed by atoms with van der Waals surface area (Å²) in [6, 6.07) is 1.52. The maximum absolute atomic E-state index is 12.3. The fraction of sp³-hybridized carbons (Fsp3) is 0.250. The first-order valence-corrected chi connectivity index (χ1v) is 4.26. The second kappa shape index (κ2) is 3.91. The fourth-order valence-electron chi connectivity index (χ4n) is 0.986. The third-order valence-corrected chi connectivity index (χ3v) is 1.99. The number of carbonyl (C=O) groups is 1. The van der Waals surface area contributed by atoms with Gasteiger partial charge in [-0.2, -0.15) is 0 Å². The molecule has 0 aromatic carbocycles. The molecule has 0 amide bonds. The number of halogens is 3. The van der Waals surface area contributed by atoms with Crippen LogP contribution in [0.3, 0.4) is 0 Å². The summed E-state index contributed by atoms with van der Waals surface area (Å²) >= 11 is 2.98. The molecule has 0 aliphatic rings. The van der Waals surface area contributed by atoms with Crippen LogP contribution >= 0.6 is 15.9 Å². The van der Waals surface area contributed by atoms with Gasteiger partial charge < -0.3 is 0 Å². The Hall–Kier alpha value is -0.840. The van der Waals surface area contributed by atoms with Crippen LogP contribution in [0.15, 0.2) is 10.7 Å². The molecule has 70 valence electrons. The molecule has 0 fully saturated rings. The minimum atomic E-state index is -2.73. The molecule has 1 heterocycles. The van der Waals surface area contributed by atoms with Gasteiger partial charge in [0.15, 0.2) is 6.29 Å². The van der Waals surface area contributed by atoms with Gasteiger partial charge in [-0.25, -0.2) is 13.8 Å². The highest BCUT2D eigenvalue weighted by atomic mass is 79.9. The van der Waals surface area contributed by atoms with E-state index in [0.29, 0.717) is 16.5 Å². The summed E-state index contributed by atoms with van der Waals surface area (Å²) < 4.78 is 25.0. The van der Waals surface area contributed by atoms with Gasteiger partial charge >= 0.3 is 0 Å². The molecule has 2 nitrogen and oxygen atoms in total. The quantitative estimate of drug-likeness (QED) is 0.596. The zero-order chi connectivity index (χ0) is 10.0. The third-order valence-electron chi connectivity index (χ3n) is 1.59. The molecule has 0 saturated heterocycles. The molecule has 0 bridgehead atoms. The lowest BCUT2D eigenvalue weighted by atomic mass is 10.1. The van der Waals surface area contributed by atoms with Crippen LogP contribution in [0, 0.1) is 6.92 Å². The number of alkyl halides is 2. The van der Waals surface area contributed by atoms with Crippen LogP contribution in [0.2, 0.25) is 0 Å². The zero-order valence-corrected chi connectivity index (χ0v) is 8.31. The predicted octanol–water partition coefficient (Wildman–Crippen LogP) is 2.90. The first-order chi connectivity index (χ1) is 6.06. The van der Waals surface area contributed by atoms with Gasteiger partial charge in [-0.15, -0.1) is 0 Å². The minimum Gasteiger partial charge on any atom is -0.298 e. The standard InChI is InChI=1S/C8H6BrF2NO/c1-4-2-6(9)12-7(8(10)11)5(4)3-13/h2-3,8H,1H3. The molecule has 0 radical (unpaired) electrons. The summed E-state index contributed by atoms with van der Waals surface area (Å²) in [5, 5.41) is 0. The molecular formula is C8H6BrF2NO. The average molecular weight is 250 g/mol. The number of nitrogens with zero attached hydrogens (tertiary/aromatic N) is 1. The van der Waals surface area contributed by atoms with E-state index in [1.807, 2.05) is 0 Å². The molecule has 0 atom stereocenters. The van der Waals surface area contributed by atoms with Crippen LogP contribution in [-0.4, -0.2) is 11.3 Å². The normalized spacial score (nSPS) is 10.5. The first-order valence-electron chi connectivity index (χ1n) is 3.46. The van der Waals surface area contributed by atoms with E-state index in [0.717, 1.165) is 0 Å². The van der Waals surface area contributed by atoms with E-state index in [-0.39, 0.29) is 5.56 Å². The van der Waals surface area contributed by atoms with Gasteiger partial charge in [0.2, 0.25) is 0 Å². The zero-order valence-electron chi connectivity index (χ0n) is 6.72. The topological polar surface area (TPSA) is 30.0 Å². The number of carbonyl (C=O) groups excluding carboxylic acids is 1. The average Bonchev–Trinajstić information content (AvgIpc) is 2.02. The van der Waals surface area contributed by atoms with Crippen LogP contribution in [-0.2, 0) is 0 Å². The summed E-state index contributed by atoms with van der Waals surface area (Å²) in [5.74, 6) is 0. The molecule has 1 aromatic rings. The summed E-state index contributed by atoms with van der Waals surface area (Å²) in [6.07, 6.45) is -2.33. The van der Waals surface area contributed by atoms with Crippen LogP contribution in [0.5, 0.6) is 0 Å². The van der Waals surface area contributed by atoms with Gasteiger partial charge in [0, 0.05) is 5.56 Å². The van der Waals surface area contributed by atoms with Gasteiger partial charge in [-0.05, 0) is 34.5 Å². The Labute approximate surface area is 82.1 Å². The van der Waals surface area contributed by atoms with Crippen molar-refractivity contribution in [1.82, 2.24) is 4.98 Å². The van der Waals surface area contributed by atoms with Crippen LogP contribution in [0.1, 0.15) is 28.0 Å². The second-order valence-corrected chi connectivity index (χ2v) is 3.29. The van der Waals surface area contributed by atoms with Gasteiger partial charge in [-0.3, -0.25) is 4.79 Å². The van der Waals surface area contributed by atoms with Gasteiger partial charge in [0.25, 0.3) is 6.43 Å². The lowest BCUT2D eigenvalue weighted by Gasteiger charge is -2.05. The molecule has 0 N–H and O–H groups in total. The summed E-state index contributed by atoms with van der Waals surface area (Å²) in [6.45, 7) is 1.59. The molecule has 1 rings (SSSR count). The van der Waals surface area contributed by atoms with Gasteiger partial charge in [0.1, 0.15) is 10.3 Å². The Morgan fingerprint density at radius 3 is 2.69 bits per heavy atom. The molecule has 0 unspecified atom stereocenters. The van der Waals surface area contributed by atoms with Crippen molar-refractivity contribution in [3.05, 3.63) is 27.5 Å². The van der Waals surface area contributed by atoms with E-state index >= 15 is 0 Å². The summed E-state index contributed by atoms with van der Waals surface area (Å²) in [5.41, 5.74) is -0.00718. The Morgan fingerprint density at radius 1 is 1.62 bits per heavy atom. The van der Waals surface area contributed by atoms with Crippen molar-refractivity contribution in [2.45, 2.75) is 13.3 Å². The second-order valence-electron chi connectivity index (χ2n) is 2.48. The van der Waals surface area contributed by atoms with E-state index in [1.54, 1.807) is 6.92 Å². The Morgan fingerprint density at radius 2 is 2.23 bits per heavy atom. The monoisotopic (exact) mass is 249 g/mol. The highest BCUT2D eigenvalue weighted by Gasteiger charge is 2.16. The highest BCUT2D eigenvalue weighted by Crippen LogP contribution is 2.24. The SMILES string of the molecule is Cc1cc(Br)nc(C(F)F)c1C=O. The number of aromatic nitrogens is 1. The molecule has 1 aromatic heterocycles. The van der Waals surface area contributed by atoms with Crippen molar-refractivity contribution < 1.29 is 13.6 Å². The molecule has 13 heavy (non-hydrogen) atoms. The number of aryl methyl sites for hydroxylation is 1. The van der Waals surface area contributed by atoms with E-state index < -0.39 is 12.1 Å². The third kappa shape index (κ3) is 2.09. The minimum absolute atomic E-state index is 0.0294. The Balaban J connectivity index is 3.38. The van der Waals surface area contributed by atoms with E-state index in [4.69, 9.17) is 0 Å². The fourth-order valence-corrected chi connectivity index (χ4v) is 1.52. The van der Waals surface area contributed by atoms with Crippen LogP contribution < -0.4 is 0 Å². The lowest BCUT2D eigenvalue weighted by Crippen LogP contribution is -2.00. The van der Waals surface area contributed by atoms with Crippen molar-refractivity contribution in [3.8, 4) is 0 Å². The largest absolute Gasteiger partial charge is 0.298 e. The number of pyridine rings is 1. The van der Waals surface area contributed by atoms with E-state index in [2.05, 4.69) is 20.9 Å². The number of aldehydes is 1. The maximum Gasteiger partial charge on any atom is 0.281 e. The Bertz CT molecular complexity index is 341. The number of hydrogen-bond acceptors (Lipinski definition) is 2. The maximum atomic E-state index is 12.3. The van der Waals surface area contributed by atoms with Crippen molar-refractivity contribution in [2.24, 2.45) is 0 Å². The van der Waals surface area contributed by atoms with Crippen molar-refractivity contribution in [2.75, 3.05) is 0 Å². The van der Waals surface area contributed by atoms with Crippen LogP contribution in [0.25, 0.3) is 0 Å². The molecule has 0 aliphatic heterocycles. The summed E-state index contributed by atoms with van der Waals surface area (Å²) in [7, 11) is 0. The molecule has 5 heteroatoms. The molecule has 0 aliphatic carbocycles. The predicted molar refractivity (Wildman–Crippen MR) is 47.0 cm³/mol. The smallest absolute Gasteiger partial charge is 0.281 e. The van der Waals surface area contributed by atoms with E-state index in [1.165, 1.54) is 6.07 Å². The van der Waals surface area contributed by atoms with Crippen molar-refractivity contribution in [1.29, 1.82) is 0 Å². The van der Waals surface area contributed by atoms with Gasteiger partial charge in [-0.1, -0.05) is 0 Å². The molecule has 0 spiro atoms. The first kappa shape index (κ1) is 10.2. The number of hydrogen-bond donors (Lipinski definition) is 0. The summed E-state index contributed by atoms with van der Waals surface area (Å²) in [4.78, 5) is 14.0. The van der Waals surface area contributed by atoms with Crippen LogP contribution in [0.4, 0.5) is 8.78 Å². The van der Waals surface area contributed by atoms with Crippen molar-refractivity contribution in [3.63, 3.8) is 0 Å². The van der Waals surface area contributed by atoms with Gasteiger partial charge in [0.05, 0.1) is 0 Å². The van der Waals surface area contributed by atoms with E-state index in [9.17, 15) is 13.6 Å².